The first-order valence-corrected chi connectivity index (χ1v) is 11.4. The Bertz CT molecular complexity index is 1210. The second-order valence-corrected chi connectivity index (χ2v) is 8.77. The summed E-state index contributed by atoms with van der Waals surface area (Å²) >= 11 is 1.42. The zero-order chi connectivity index (χ0) is 23.0. The Morgan fingerprint density at radius 1 is 0.970 bits per heavy atom. The minimum atomic E-state index is -4.47. The van der Waals surface area contributed by atoms with Crippen molar-refractivity contribution >= 4 is 28.8 Å². The Balaban J connectivity index is 1.47. The number of amidine groups is 1. The average Bonchev–Trinajstić information content (AvgIpc) is 3.15. The van der Waals surface area contributed by atoms with Gasteiger partial charge in [0.2, 0.25) is 0 Å². The first kappa shape index (κ1) is 21.5. The Labute approximate surface area is 192 Å². The number of hydrogen-bond acceptors (Lipinski definition) is 5. The van der Waals surface area contributed by atoms with Gasteiger partial charge in [-0.1, -0.05) is 18.2 Å². The summed E-state index contributed by atoms with van der Waals surface area (Å²) < 4.78 is 45.6. The van der Waals surface area contributed by atoms with E-state index in [-0.39, 0.29) is 11.7 Å². The first-order valence-electron chi connectivity index (χ1n) is 10.5. The van der Waals surface area contributed by atoms with Crippen LogP contribution in [-0.2, 0) is 6.18 Å². The summed E-state index contributed by atoms with van der Waals surface area (Å²) in [5, 5.41) is 1.89. The van der Waals surface area contributed by atoms with Gasteiger partial charge in [-0.3, -0.25) is 4.79 Å². The van der Waals surface area contributed by atoms with E-state index in [0.717, 1.165) is 18.6 Å². The van der Waals surface area contributed by atoms with E-state index in [0.29, 0.717) is 53.9 Å². The fourth-order valence-corrected chi connectivity index (χ4v) is 4.72. The van der Waals surface area contributed by atoms with E-state index in [4.69, 9.17) is 9.73 Å². The van der Waals surface area contributed by atoms with Gasteiger partial charge in [-0.15, -0.1) is 11.3 Å². The maximum Gasteiger partial charge on any atom is 0.416 e. The molecule has 1 aromatic heterocycles. The molecule has 5 nitrogen and oxygen atoms in total. The number of rotatable bonds is 1. The molecule has 0 unspecified atom stereocenters. The molecule has 5 rings (SSSR count). The third-order valence-corrected chi connectivity index (χ3v) is 6.53. The van der Waals surface area contributed by atoms with Crippen molar-refractivity contribution in [2.24, 2.45) is 4.99 Å². The second-order valence-electron chi connectivity index (χ2n) is 7.82. The molecular formula is C24H20F3N3O2S. The van der Waals surface area contributed by atoms with Gasteiger partial charge >= 0.3 is 6.18 Å². The minimum absolute atomic E-state index is 0.0171. The van der Waals surface area contributed by atoms with Crippen LogP contribution in [0.5, 0.6) is 11.5 Å². The van der Waals surface area contributed by atoms with Crippen molar-refractivity contribution in [3.63, 3.8) is 0 Å². The van der Waals surface area contributed by atoms with Gasteiger partial charge in [0, 0.05) is 26.2 Å². The smallest absolute Gasteiger partial charge is 0.416 e. The SMILES string of the molecule is O=C(c1cccs1)N1CCCN(C2=Nc3ccc(C(F)(F)F)cc3Oc3ccccc32)CC1. The van der Waals surface area contributed by atoms with Crippen molar-refractivity contribution < 1.29 is 22.7 Å². The average molecular weight is 472 g/mol. The van der Waals surface area contributed by atoms with Crippen LogP contribution < -0.4 is 4.74 Å². The zero-order valence-corrected chi connectivity index (χ0v) is 18.3. The summed E-state index contributed by atoms with van der Waals surface area (Å²) in [5.41, 5.74) is 0.264. The Kier molecular flexibility index (Phi) is 5.57. The molecule has 2 aromatic carbocycles. The molecule has 2 aliphatic rings. The van der Waals surface area contributed by atoms with E-state index < -0.39 is 11.7 Å². The third kappa shape index (κ3) is 4.32. The van der Waals surface area contributed by atoms with Gasteiger partial charge in [0.1, 0.15) is 17.3 Å². The molecule has 0 aliphatic carbocycles. The number of ether oxygens (including phenoxy) is 1. The summed E-state index contributed by atoms with van der Waals surface area (Å²) in [7, 11) is 0. The molecule has 33 heavy (non-hydrogen) atoms. The van der Waals surface area contributed by atoms with E-state index in [9.17, 15) is 18.0 Å². The van der Waals surface area contributed by atoms with Crippen LogP contribution >= 0.6 is 11.3 Å². The van der Waals surface area contributed by atoms with E-state index in [2.05, 4.69) is 4.90 Å². The van der Waals surface area contributed by atoms with Crippen molar-refractivity contribution in [1.29, 1.82) is 0 Å². The van der Waals surface area contributed by atoms with Gasteiger partial charge < -0.3 is 14.5 Å². The molecule has 2 aliphatic heterocycles. The predicted octanol–water partition coefficient (Wildman–Crippen LogP) is 5.80. The number of nitrogens with zero attached hydrogens (tertiary/aromatic N) is 3. The number of benzene rings is 2. The summed E-state index contributed by atoms with van der Waals surface area (Å²) in [6.07, 6.45) is -3.72. The van der Waals surface area contributed by atoms with Crippen LogP contribution in [0.15, 0.2) is 65.0 Å². The lowest BCUT2D eigenvalue weighted by Gasteiger charge is -2.25. The largest absolute Gasteiger partial charge is 0.454 e. The minimum Gasteiger partial charge on any atom is -0.454 e. The number of para-hydroxylation sites is 1. The molecule has 0 bridgehead atoms. The van der Waals surface area contributed by atoms with Crippen molar-refractivity contribution in [3.05, 3.63) is 76.0 Å². The summed E-state index contributed by atoms with van der Waals surface area (Å²) in [5.74, 6) is 1.17. The molecule has 170 valence electrons. The van der Waals surface area contributed by atoms with Crippen molar-refractivity contribution in [2.75, 3.05) is 26.2 Å². The highest BCUT2D eigenvalue weighted by atomic mass is 32.1. The number of fused-ring (bicyclic) bond motifs is 2. The highest BCUT2D eigenvalue weighted by molar-refractivity contribution is 7.12. The molecule has 0 saturated carbocycles. The third-order valence-electron chi connectivity index (χ3n) is 5.68. The quantitative estimate of drug-likeness (QED) is 0.451. The fourth-order valence-electron chi connectivity index (χ4n) is 4.03. The van der Waals surface area contributed by atoms with Gasteiger partial charge in [0.05, 0.1) is 16.0 Å². The van der Waals surface area contributed by atoms with E-state index >= 15 is 0 Å². The lowest BCUT2D eigenvalue weighted by Crippen LogP contribution is -2.37. The number of thiophene rings is 1. The molecular weight excluding hydrogens is 451 g/mol. The number of alkyl halides is 3. The Hall–Kier alpha value is -3.33. The summed E-state index contributed by atoms with van der Waals surface area (Å²) in [6.45, 7) is 2.38. The van der Waals surface area contributed by atoms with Crippen LogP contribution in [0.2, 0.25) is 0 Å². The van der Waals surface area contributed by atoms with Crippen LogP contribution in [0, 0.1) is 0 Å². The molecule has 9 heteroatoms. The fraction of sp³-hybridized carbons (Fsp3) is 0.250. The van der Waals surface area contributed by atoms with Gasteiger partial charge in [-0.25, -0.2) is 4.99 Å². The summed E-state index contributed by atoms with van der Waals surface area (Å²) in [4.78, 5) is 22.2. The predicted molar refractivity (Wildman–Crippen MR) is 121 cm³/mol. The molecule has 1 saturated heterocycles. The number of amides is 1. The zero-order valence-electron chi connectivity index (χ0n) is 17.5. The lowest BCUT2D eigenvalue weighted by atomic mass is 10.1. The lowest BCUT2D eigenvalue weighted by molar-refractivity contribution is -0.137. The monoisotopic (exact) mass is 471 g/mol. The maximum atomic E-state index is 13.2. The van der Waals surface area contributed by atoms with Crippen LogP contribution in [0.4, 0.5) is 18.9 Å². The van der Waals surface area contributed by atoms with Crippen molar-refractivity contribution in [1.82, 2.24) is 9.80 Å². The number of carbonyl (C=O) groups excluding carboxylic acids is 1. The molecule has 0 radical (unpaired) electrons. The normalized spacial score (nSPS) is 16.2. The molecule has 3 heterocycles. The van der Waals surface area contributed by atoms with Crippen LogP contribution in [-0.4, -0.2) is 47.7 Å². The number of halogens is 3. The number of hydrogen-bond donors (Lipinski definition) is 0. The van der Waals surface area contributed by atoms with Crippen LogP contribution in [0.3, 0.4) is 0 Å². The van der Waals surface area contributed by atoms with Crippen molar-refractivity contribution in [2.45, 2.75) is 12.6 Å². The number of carbonyl (C=O) groups is 1. The molecule has 1 fully saturated rings. The highest BCUT2D eigenvalue weighted by Gasteiger charge is 2.33. The van der Waals surface area contributed by atoms with E-state index in [1.807, 2.05) is 34.5 Å². The topological polar surface area (TPSA) is 45.1 Å². The molecule has 0 spiro atoms. The van der Waals surface area contributed by atoms with E-state index in [1.165, 1.54) is 17.4 Å². The van der Waals surface area contributed by atoms with Gasteiger partial charge in [0.15, 0.2) is 5.75 Å². The summed E-state index contributed by atoms with van der Waals surface area (Å²) in [6, 6.07) is 14.2. The molecule has 1 amide bonds. The number of aliphatic imine (C=N–C) groups is 1. The Morgan fingerprint density at radius 2 is 1.82 bits per heavy atom. The van der Waals surface area contributed by atoms with Gasteiger partial charge in [0.25, 0.3) is 5.91 Å². The van der Waals surface area contributed by atoms with Gasteiger partial charge in [-0.05, 0) is 48.2 Å². The van der Waals surface area contributed by atoms with Crippen LogP contribution in [0.1, 0.15) is 27.2 Å². The molecule has 0 atom stereocenters. The molecule has 0 N–H and O–H groups in total. The van der Waals surface area contributed by atoms with Gasteiger partial charge in [-0.2, -0.15) is 13.2 Å². The van der Waals surface area contributed by atoms with Crippen LogP contribution in [0.25, 0.3) is 0 Å². The standard InChI is InChI=1S/C24H20F3N3O2S/c25-24(26,27)16-8-9-18-20(15-16)32-19-6-2-1-5-17(19)22(28-18)29-10-4-11-30(13-12-29)23(31)21-7-3-14-33-21/h1-3,5-9,14-15H,4,10-13H2. The Morgan fingerprint density at radius 3 is 2.61 bits per heavy atom. The first-order chi connectivity index (χ1) is 15.9. The highest BCUT2D eigenvalue weighted by Crippen LogP contribution is 2.41. The second kappa shape index (κ2) is 8.55. The van der Waals surface area contributed by atoms with Crippen molar-refractivity contribution in [3.8, 4) is 11.5 Å². The van der Waals surface area contributed by atoms with E-state index in [1.54, 1.807) is 12.1 Å². The maximum absolute atomic E-state index is 13.2. The molecule has 3 aromatic rings.